The molecule has 3 nitrogen and oxygen atoms in total. The number of nitrogens with zero attached hydrogens (tertiary/aromatic N) is 3. The second kappa shape index (κ2) is 14.1. The lowest BCUT2D eigenvalue weighted by Gasteiger charge is -2.33. The molecule has 0 N–H and O–H groups in total. The quantitative estimate of drug-likeness (QED) is 0.125. The van der Waals surface area contributed by atoms with Crippen LogP contribution in [0.1, 0.15) is 22.3 Å². The van der Waals surface area contributed by atoms with Gasteiger partial charge in [0, 0.05) is 16.7 Å². The molecule has 0 atom stereocenters. The summed E-state index contributed by atoms with van der Waals surface area (Å²) in [5.41, 5.74) is 12.1. The SMILES string of the molecule is c1ccc(-c2nc(-c3ccc(-c4c5ccccc5cc5c4ccc4ccccc45)cc3)nc(-c3ccc4c(c3)-c3ccccc3C4(c3ccccc3)c3ccccc3)n2)cc1. The van der Waals surface area contributed by atoms with Crippen molar-refractivity contribution in [1.29, 1.82) is 0 Å². The number of hydrogen-bond donors (Lipinski definition) is 0. The third-order valence-electron chi connectivity index (χ3n) is 12.6. The average molecular weight is 776 g/mol. The lowest BCUT2D eigenvalue weighted by atomic mass is 9.67. The van der Waals surface area contributed by atoms with Crippen molar-refractivity contribution in [2.45, 2.75) is 5.41 Å². The summed E-state index contributed by atoms with van der Waals surface area (Å²) in [4.78, 5) is 15.5. The van der Waals surface area contributed by atoms with Gasteiger partial charge in [-0.1, -0.05) is 212 Å². The Kier molecular flexibility index (Phi) is 8.07. The maximum absolute atomic E-state index is 5.25. The largest absolute Gasteiger partial charge is 0.208 e. The van der Waals surface area contributed by atoms with E-state index in [0.717, 1.165) is 22.3 Å². The molecule has 0 saturated heterocycles. The number of hydrogen-bond acceptors (Lipinski definition) is 3. The second-order valence-electron chi connectivity index (χ2n) is 15.9. The Balaban J connectivity index is 1.02. The summed E-state index contributed by atoms with van der Waals surface area (Å²) in [6, 6.07) is 80.6. The van der Waals surface area contributed by atoms with Crippen molar-refractivity contribution >= 4 is 32.3 Å². The van der Waals surface area contributed by atoms with Crippen molar-refractivity contribution in [2.75, 3.05) is 0 Å². The first kappa shape index (κ1) is 35.0. The van der Waals surface area contributed by atoms with Crippen molar-refractivity contribution in [3.8, 4) is 56.4 Å². The first-order valence-electron chi connectivity index (χ1n) is 20.9. The minimum Gasteiger partial charge on any atom is -0.208 e. The van der Waals surface area contributed by atoms with Crippen molar-refractivity contribution in [2.24, 2.45) is 0 Å². The van der Waals surface area contributed by atoms with Crippen LogP contribution in [0.5, 0.6) is 0 Å². The molecular formula is C58H37N3. The van der Waals surface area contributed by atoms with Crippen LogP contribution in [0.15, 0.2) is 224 Å². The predicted molar refractivity (Wildman–Crippen MR) is 251 cm³/mol. The van der Waals surface area contributed by atoms with E-state index >= 15 is 0 Å². The Morgan fingerprint density at radius 3 is 1.49 bits per heavy atom. The van der Waals surface area contributed by atoms with Gasteiger partial charge >= 0.3 is 0 Å². The first-order chi connectivity index (χ1) is 30.2. The molecule has 1 aliphatic carbocycles. The zero-order valence-corrected chi connectivity index (χ0v) is 33.2. The van der Waals surface area contributed by atoms with E-state index in [4.69, 9.17) is 15.0 Å². The van der Waals surface area contributed by atoms with Crippen LogP contribution < -0.4 is 0 Å². The summed E-state index contributed by atoms with van der Waals surface area (Å²) in [7, 11) is 0. The fourth-order valence-corrected chi connectivity index (χ4v) is 9.86. The Hall–Kier alpha value is -8.01. The molecule has 0 radical (unpaired) electrons. The van der Waals surface area contributed by atoms with Gasteiger partial charge in [-0.15, -0.1) is 0 Å². The normalized spacial score (nSPS) is 12.7. The highest BCUT2D eigenvalue weighted by Gasteiger charge is 2.46. The fraction of sp³-hybridized carbons (Fsp3) is 0.0172. The third-order valence-corrected chi connectivity index (χ3v) is 12.6. The standard InChI is InChI=1S/C58H37N3/c1-4-17-40(18-5-1)55-59-56(41-30-28-39(29-31-41)54-47-25-13-11-19-42(47)36-50-46-24-12-10-16-38(46)32-34-49(50)54)61-57(60-55)43-33-35-53-51(37-43)48-26-14-15-27-52(48)58(53,44-20-6-2-7-21-44)45-22-8-3-9-23-45/h1-37H. The molecule has 0 unspecified atom stereocenters. The maximum atomic E-state index is 5.25. The van der Waals surface area contributed by atoms with E-state index in [0.29, 0.717) is 17.5 Å². The Labute approximate surface area is 354 Å². The van der Waals surface area contributed by atoms with Gasteiger partial charge < -0.3 is 0 Å². The van der Waals surface area contributed by atoms with Gasteiger partial charge in [0.15, 0.2) is 17.5 Å². The van der Waals surface area contributed by atoms with Gasteiger partial charge in [-0.25, -0.2) is 15.0 Å². The molecule has 0 saturated carbocycles. The van der Waals surface area contributed by atoms with E-state index in [1.807, 2.05) is 18.2 Å². The summed E-state index contributed by atoms with van der Waals surface area (Å²) in [5.74, 6) is 1.91. The highest BCUT2D eigenvalue weighted by atomic mass is 15.0. The molecule has 1 heterocycles. The van der Waals surface area contributed by atoms with Crippen LogP contribution in [0, 0.1) is 0 Å². The van der Waals surface area contributed by atoms with E-state index in [1.165, 1.54) is 71.3 Å². The minimum absolute atomic E-state index is 0.476. The molecule has 10 aromatic carbocycles. The molecule has 0 spiro atoms. The van der Waals surface area contributed by atoms with Gasteiger partial charge in [-0.05, 0) is 89.0 Å². The summed E-state index contributed by atoms with van der Waals surface area (Å²) >= 11 is 0. The summed E-state index contributed by atoms with van der Waals surface area (Å²) < 4.78 is 0. The van der Waals surface area contributed by atoms with Crippen LogP contribution >= 0.6 is 0 Å². The number of fused-ring (bicyclic) bond motifs is 7. The van der Waals surface area contributed by atoms with Gasteiger partial charge in [0.25, 0.3) is 0 Å². The third kappa shape index (κ3) is 5.55. The first-order valence-corrected chi connectivity index (χ1v) is 20.9. The molecule has 0 amide bonds. The Morgan fingerprint density at radius 1 is 0.279 bits per heavy atom. The number of rotatable bonds is 6. The van der Waals surface area contributed by atoms with Gasteiger partial charge in [0.1, 0.15) is 0 Å². The second-order valence-corrected chi connectivity index (χ2v) is 15.9. The number of aromatic nitrogens is 3. The van der Waals surface area contributed by atoms with Gasteiger partial charge in [0.05, 0.1) is 5.41 Å². The molecule has 0 bridgehead atoms. The molecule has 284 valence electrons. The van der Waals surface area contributed by atoms with E-state index < -0.39 is 5.41 Å². The molecular weight excluding hydrogens is 739 g/mol. The topological polar surface area (TPSA) is 38.7 Å². The van der Waals surface area contributed by atoms with E-state index in [-0.39, 0.29) is 0 Å². The van der Waals surface area contributed by atoms with Crippen molar-refractivity contribution in [1.82, 2.24) is 15.0 Å². The lowest BCUT2D eigenvalue weighted by molar-refractivity contribution is 0.768. The molecule has 12 rings (SSSR count). The average Bonchev–Trinajstić information content (AvgIpc) is 3.64. The summed E-state index contributed by atoms with van der Waals surface area (Å²) in [6.07, 6.45) is 0. The van der Waals surface area contributed by atoms with E-state index in [1.54, 1.807) is 0 Å². The lowest BCUT2D eigenvalue weighted by Crippen LogP contribution is -2.28. The van der Waals surface area contributed by atoms with Crippen LogP contribution in [-0.2, 0) is 5.41 Å². The van der Waals surface area contributed by atoms with Gasteiger partial charge in [-0.2, -0.15) is 0 Å². The predicted octanol–water partition coefficient (Wildman–Crippen LogP) is 14.4. The number of benzene rings is 10. The van der Waals surface area contributed by atoms with Crippen molar-refractivity contribution in [3.63, 3.8) is 0 Å². The van der Waals surface area contributed by atoms with Crippen molar-refractivity contribution < 1.29 is 0 Å². The van der Waals surface area contributed by atoms with Crippen LogP contribution in [0.2, 0.25) is 0 Å². The summed E-state index contributed by atoms with van der Waals surface area (Å²) in [5, 5.41) is 7.45. The fourth-order valence-electron chi connectivity index (χ4n) is 9.86. The Bertz CT molecular complexity index is 3410. The molecule has 1 aromatic heterocycles. The highest BCUT2D eigenvalue weighted by molar-refractivity contribution is 6.20. The highest BCUT2D eigenvalue weighted by Crippen LogP contribution is 2.56. The minimum atomic E-state index is -0.476. The summed E-state index contributed by atoms with van der Waals surface area (Å²) in [6.45, 7) is 0. The van der Waals surface area contributed by atoms with Crippen LogP contribution in [0.25, 0.3) is 88.7 Å². The van der Waals surface area contributed by atoms with Crippen molar-refractivity contribution in [3.05, 3.63) is 247 Å². The molecule has 3 heteroatoms. The molecule has 61 heavy (non-hydrogen) atoms. The maximum Gasteiger partial charge on any atom is 0.164 e. The van der Waals surface area contributed by atoms with E-state index in [9.17, 15) is 0 Å². The zero-order valence-electron chi connectivity index (χ0n) is 33.2. The van der Waals surface area contributed by atoms with Crippen LogP contribution in [0.3, 0.4) is 0 Å². The molecule has 11 aromatic rings. The van der Waals surface area contributed by atoms with Crippen LogP contribution in [0.4, 0.5) is 0 Å². The zero-order chi connectivity index (χ0) is 40.3. The smallest absolute Gasteiger partial charge is 0.164 e. The van der Waals surface area contributed by atoms with Gasteiger partial charge in [-0.3, -0.25) is 0 Å². The van der Waals surface area contributed by atoms with E-state index in [2.05, 4.69) is 206 Å². The molecule has 1 aliphatic rings. The monoisotopic (exact) mass is 775 g/mol. The molecule has 0 aliphatic heterocycles. The van der Waals surface area contributed by atoms with Gasteiger partial charge in [0.2, 0.25) is 0 Å². The Morgan fingerprint density at radius 2 is 0.787 bits per heavy atom. The molecule has 0 fully saturated rings. The van der Waals surface area contributed by atoms with Crippen LogP contribution in [-0.4, -0.2) is 15.0 Å².